The number of guanidine groups is 1. The second-order valence-corrected chi connectivity index (χ2v) is 10.7. The number of H-pyrrole nitrogens is 1. The summed E-state index contributed by atoms with van der Waals surface area (Å²) in [7, 11) is 0. The highest BCUT2D eigenvalue weighted by molar-refractivity contribution is 5.85. The summed E-state index contributed by atoms with van der Waals surface area (Å²) in [5.74, 6) is -8.29. The molecule has 54 heavy (non-hydrogen) atoms. The molecule has 0 aliphatic carbocycles. The van der Waals surface area contributed by atoms with Crippen LogP contribution < -0.4 is 51.6 Å². The number of carbonyl (C=O) groups is 8. The average Bonchev–Trinajstić information content (AvgIpc) is 3.45. The molecule has 25 N–H and O–H groups in total. The number of fused-ring (bicyclic) bond motifs is 1. The minimum Gasteiger partial charge on any atom is -0.481 e. The number of nitrogens with one attached hydrogen (secondary N) is 1. The van der Waals surface area contributed by atoms with Crippen LogP contribution in [0.25, 0.3) is 10.9 Å². The van der Waals surface area contributed by atoms with Crippen LogP contribution in [0.3, 0.4) is 0 Å². The van der Waals surface area contributed by atoms with Crippen molar-refractivity contribution in [3.05, 3.63) is 36.0 Å². The smallest absolute Gasteiger partial charge is 0.321 e. The number of carbonyl (C=O) groups excluding carboxylic acids is 2. The maximum absolute atomic E-state index is 10.6. The van der Waals surface area contributed by atoms with Gasteiger partial charge in [0.25, 0.3) is 0 Å². The predicted molar refractivity (Wildman–Crippen MR) is 190 cm³/mol. The molecule has 1 aromatic carbocycles. The Morgan fingerprint density at radius 3 is 1.33 bits per heavy atom. The number of amides is 2. The van der Waals surface area contributed by atoms with Gasteiger partial charge in [0, 0.05) is 30.1 Å². The third kappa shape index (κ3) is 28.3. The third-order valence-electron chi connectivity index (χ3n) is 5.91. The van der Waals surface area contributed by atoms with E-state index >= 15 is 0 Å². The number of carboxylic acids is 6. The lowest BCUT2D eigenvalue weighted by atomic mass is 10.1. The Hall–Kier alpha value is -6.41. The van der Waals surface area contributed by atoms with Crippen LogP contribution in [0.1, 0.15) is 37.7 Å². The van der Waals surface area contributed by atoms with Crippen molar-refractivity contribution in [1.29, 1.82) is 0 Å². The number of aromatic amines is 1. The van der Waals surface area contributed by atoms with Crippen molar-refractivity contribution in [3.63, 3.8) is 0 Å². The fraction of sp³-hybridized carbons (Fsp3) is 0.414. The minimum absolute atomic E-state index is 0.0129. The maximum atomic E-state index is 10.6. The third-order valence-corrected chi connectivity index (χ3v) is 5.91. The molecule has 1 aromatic heterocycles. The maximum Gasteiger partial charge on any atom is 0.321 e. The number of para-hydroxylation sites is 1. The molecular weight excluding hydrogens is 726 g/mol. The van der Waals surface area contributed by atoms with Gasteiger partial charge in [0.15, 0.2) is 5.96 Å². The number of benzene rings is 1. The number of primary amides is 2. The molecule has 0 aliphatic heterocycles. The summed E-state index contributed by atoms with van der Waals surface area (Å²) in [5.41, 5.74) is 46.7. The molecule has 25 heteroatoms. The molecule has 0 saturated heterocycles. The molecule has 2 aromatic rings. The van der Waals surface area contributed by atoms with Gasteiger partial charge < -0.3 is 87.2 Å². The topological polar surface area (TPSA) is 520 Å². The quantitative estimate of drug-likeness (QED) is 0.0406. The van der Waals surface area contributed by atoms with Crippen molar-refractivity contribution >= 4 is 64.5 Å². The zero-order valence-electron chi connectivity index (χ0n) is 28.8. The van der Waals surface area contributed by atoms with E-state index < -0.39 is 84.3 Å². The number of nitrogens with zero attached hydrogens (tertiary/aromatic N) is 1. The number of rotatable bonds is 17. The van der Waals surface area contributed by atoms with Gasteiger partial charge in [-0.15, -0.1) is 0 Å². The van der Waals surface area contributed by atoms with E-state index in [1.165, 1.54) is 0 Å². The fourth-order valence-electron chi connectivity index (χ4n) is 3.15. The van der Waals surface area contributed by atoms with E-state index in [1.54, 1.807) is 0 Å². The van der Waals surface area contributed by atoms with E-state index in [0.29, 0.717) is 25.8 Å². The zero-order chi connectivity index (χ0) is 42.7. The number of aromatic nitrogens is 1. The van der Waals surface area contributed by atoms with Gasteiger partial charge in [0.2, 0.25) is 11.8 Å². The second-order valence-electron chi connectivity index (χ2n) is 10.7. The van der Waals surface area contributed by atoms with Crippen molar-refractivity contribution in [1.82, 2.24) is 4.98 Å². The molecule has 1 heterocycles. The first kappa shape index (κ1) is 52.0. The van der Waals surface area contributed by atoms with Crippen LogP contribution in [-0.4, -0.2) is 126 Å². The zero-order valence-corrected chi connectivity index (χ0v) is 28.8. The summed E-state index contributed by atoms with van der Waals surface area (Å²) >= 11 is 0. The molecule has 304 valence electrons. The van der Waals surface area contributed by atoms with E-state index in [9.17, 15) is 38.4 Å². The van der Waals surface area contributed by atoms with Crippen molar-refractivity contribution < 1.29 is 69.0 Å². The Bertz CT molecular complexity index is 1490. The molecule has 0 aliphatic rings. The van der Waals surface area contributed by atoms with Gasteiger partial charge in [-0.2, -0.15) is 0 Å². The predicted octanol–water partition coefficient (Wildman–Crippen LogP) is -5.01. The van der Waals surface area contributed by atoms with Gasteiger partial charge >= 0.3 is 35.8 Å². The molecule has 0 fully saturated rings. The highest BCUT2D eigenvalue weighted by Crippen LogP contribution is 2.18. The van der Waals surface area contributed by atoms with Gasteiger partial charge in [-0.25, -0.2) is 0 Å². The van der Waals surface area contributed by atoms with Gasteiger partial charge in [-0.05, 0) is 24.5 Å². The summed E-state index contributed by atoms with van der Waals surface area (Å²) in [4.78, 5) is 87.0. The van der Waals surface area contributed by atoms with E-state index in [-0.39, 0.29) is 18.8 Å². The molecule has 0 saturated carbocycles. The molecule has 0 unspecified atom stereocenters. The second kappa shape index (κ2) is 28.2. The lowest BCUT2D eigenvalue weighted by Gasteiger charge is -2.04. The van der Waals surface area contributed by atoms with Crippen molar-refractivity contribution in [2.24, 2.45) is 56.6 Å². The summed E-state index contributed by atoms with van der Waals surface area (Å²) < 4.78 is 0. The normalized spacial score (nSPS) is 12.5. The van der Waals surface area contributed by atoms with Crippen LogP contribution in [0.4, 0.5) is 0 Å². The van der Waals surface area contributed by atoms with Crippen molar-refractivity contribution in [2.45, 2.75) is 68.7 Å². The van der Waals surface area contributed by atoms with E-state index in [1.807, 2.05) is 30.5 Å². The van der Waals surface area contributed by atoms with Crippen LogP contribution in [0.15, 0.2) is 35.5 Å². The number of nitrogens with two attached hydrogens (primary N) is 9. The van der Waals surface area contributed by atoms with Gasteiger partial charge in [-0.3, -0.25) is 43.3 Å². The van der Waals surface area contributed by atoms with Gasteiger partial charge in [0.1, 0.15) is 30.2 Å². The van der Waals surface area contributed by atoms with Crippen LogP contribution in [0.5, 0.6) is 0 Å². The van der Waals surface area contributed by atoms with Crippen LogP contribution in [0.2, 0.25) is 0 Å². The molecule has 2 amide bonds. The highest BCUT2D eigenvalue weighted by atomic mass is 16.4. The molecular formula is C29H49N11O14. The molecule has 5 atom stereocenters. The number of aliphatic carboxylic acids is 6. The Morgan fingerprint density at radius 2 is 1.00 bits per heavy atom. The van der Waals surface area contributed by atoms with Crippen molar-refractivity contribution in [2.75, 3.05) is 6.54 Å². The van der Waals surface area contributed by atoms with Crippen LogP contribution in [-0.2, 0) is 44.8 Å². The first-order valence-corrected chi connectivity index (χ1v) is 15.1. The van der Waals surface area contributed by atoms with Crippen LogP contribution >= 0.6 is 0 Å². The summed E-state index contributed by atoms with van der Waals surface area (Å²) in [6.07, 6.45) is 1.96. The lowest BCUT2D eigenvalue weighted by molar-refractivity contribution is -0.144. The molecule has 0 bridgehead atoms. The summed E-state index contributed by atoms with van der Waals surface area (Å²) in [5, 5.41) is 50.4. The molecule has 0 spiro atoms. The van der Waals surface area contributed by atoms with E-state index in [0.717, 1.165) is 16.5 Å². The lowest BCUT2D eigenvalue weighted by Crippen LogP contribution is -2.34. The molecule has 0 radical (unpaired) electrons. The Kier molecular flexibility index (Phi) is 27.1. The number of aliphatic imine (C=N–C) groups is 1. The first-order valence-electron chi connectivity index (χ1n) is 15.1. The number of hydrogen-bond acceptors (Lipinski definition) is 14. The Morgan fingerprint density at radius 1 is 0.593 bits per heavy atom. The fourth-order valence-corrected chi connectivity index (χ4v) is 3.15. The van der Waals surface area contributed by atoms with Crippen molar-refractivity contribution in [3.8, 4) is 0 Å². The monoisotopic (exact) mass is 775 g/mol. The molecule has 25 nitrogen and oxygen atoms in total. The number of hydrogen-bond donors (Lipinski definition) is 16. The highest BCUT2D eigenvalue weighted by Gasteiger charge is 2.16. The van der Waals surface area contributed by atoms with Gasteiger partial charge in [0.05, 0.1) is 19.3 Å². The Balaban J connectivity index is -0.000000615. The van der Waals surface area contributed by atoms with E-state index in [4.69, 9.17) is 70.8 Å². The Labute approximate surface area is 306 Å². The minimum atomic E-state index is -1.29. The first-order chi connectivity index (χ1) is 24.8. The SMILES string of the molecule is NC(=O)C[C@H](N)C(=O)O.NC(=O)C[C@H](N)C(=O)O.NC(N)=NCCC[C@H](N)C(=O)O.N[C@@H](CC(=O)O)C(=O)O.N[C@@H](Cc1c[nH]c2ccccc12)C(=O)O. The van der Waals surface area contributed by atoms with Gasteiger partial charge in [-0.1, -0.05) is 18.2 Å². The standard InChI is InChI=1S/C11H12N2O2.C6H14N4O2.2C4H8N2O3.C4H7NO4/c12-9(11(14)15)5-7-6-13-10-4-2-1-3-8(7)10;7-4(5(11)12)2-1-3-10-6(8)9;3*5-2(4(8)9)1-3(6)7/h1-4,6,9,13H,5,12H2,(H,14,15);4H,1-3,7H2,(H,11,12)(H4,8,9,10);2*2H,1,5H2,(H2,6,7)(H,8,9);2H,1,5H2,(H,6,7)(H,8,9)/t9-;4-;3*2-/m00000/s1. The summed E-state index contributed by atoms with van der Waals surface area (Å²) in [6.45, 7) is 0.420. The number of carboxylic acid groups (broad SMARTS) is 6. The summed E-state index contributed by atoms with van der Waals surface area (Å²) in [6, 6.07) is 2.47. The van der Waals surface area contributed by atoms with Crippen LogP contribution in [0, 0.1) is 0 Å². The average molecular weight is 776 g/mol. The van der Waals surface area contributed by atoms with E-state index in [2.05, 4.69) is 21.4 Å². The molecule has 2 rings (SSSR count). The largest absolute Gasteiger partial charge is 0.481 e.